The number of hydrogen-bond acceptors (Lipinski definition) is 3. The van der Waals surface area contributed by atoms with Crippen LogP contribution in [-0.2, 0) is 6.54 Å². The zero-order chi connectivity index (χ0) is 13.8. The quantitative estimate of drug-likeness (QED) is 0.880. The topological polar surface area (TPSA) is 43.8 Å². The van der Waals surface area contributed by atoms with Crippen LogP contribution in [0.3, 0.4) is 0 Å². The zero-order valence-corrected chi connectivity index (χ0v) is 11.7. The summed E-state index contributed by atoms with van der Waals surface area (Å²) in [4.78, 5) is 15.8. The molecule has 1 aromatic carbocycles. The molecule has 1 unspecified atom stereocenters. The molecule has 1 aliphatic heterocycles. The highest BCUT2D eigenvalue weighted by Gasteiger charge is 2.22. The third-order valence-corrected chi connectivity index (χ3v) is 3.88. The second-order valence-electron chi connectivity index (χ2n) is 5.44. The minimum Gasteiger partial charge on any atom is -0.478 e. The second-order valence-corrected chi connectivity index (χ2v) is 5.44. The fourth-order valence-corrected chi connectivity index (χ4v) is 2.79. The summed E-state index contributed by atoms with van der Waals surface area (Å²) >= 11 is 0. The fraction of sp³-hybridized carbons (Fsp3) is 0.533. The van der Waals surface area contributed by atoms with Crippen molar-refractivity contribution in [3.05, 3.63) is 35.4 Å². The van der Waals surface area contributed by atoms with Gasteiger partial charge in [-0.3, -0.25) is 0 Å². The van der Waals surface area contributed by atoms with Crippen molar-refractivity contribution in [1.82, 2.24) is 9.80 Å². The van der Waals surface area contributed by atoms with E-state index in [1.54, 1.807) is 12.1 Å². The molecule has 4 nitrogen and oxygen atoms in total. The van der Waals surface area contributed by atoms with Crippen molar-refractivity contribution >= 4 is 5.97 Å². The van der Waals surface area contributed by atoms with Crippen LogP contribution >= 0.6 is 0 Å². The molecule has 1 heterocycles. The Kier molecular flexibility index (Phi) is 4.56. The van der Waals surface area contributed by atoms with Crippen molar-refractivity contribution < 1.29 is 9.90 Å². The van der Waals surface area contributed by atoms with Gasteiger partial charge in [-0.05, 0) is 45.1 Å². The summed E-state index contributed by atoms with van der Waals surface area (Å²) in [5.41, 5.74) is 1.30. The monoisotopic (exact) mass is 262 g/mol. The molecule has 1 atom stereocenters. The summed E-state index contributed by atoms with van der Waals surface area (Å²) < 4.78 is 0. The molecule has 19 heavy (non-hydrogen) atoms. The van der Waals surface area contributed by atoms with Crippen LogP contribution in [0.2, 0.25) is 0 Å². The molecule has 0 spiro atoms. The van der Waals surface area contributed by atoms with Gasteiger partial charge in [-0.25, -0.2) is 4.79 Å². The number of likely N-dealkylation sites (N-methyl/N-ethyl adjacent to an activating group) is 2. The first-order chi connectivity index (χ1) is 9.08. The number of rotatable bonds is 5. The minimum atomic E-state index is -0.845. The highest BCUT2D eigenvalue weighted by molar-refractivity contribution is 5.89. The predicted octanol–water partition coefficient (Wildman–Crippen LogP) is 1.91. The molecule has 104 valence electrons. The van der Waals surface area contributed by atoms with Crippen LogP contribution in [-0.4, -0.2) is 54.1 Å². The molecular formula is C15H22N2O2. The lowest BCUT2D eigenvalue weighted by Crippen LogP contribution is -2.36. The highest BCUT2D eigenvalue weighted by atomic mass is 16.4. The van der Waals surface area contributed by atoms with E-state index in [-0.39, 0.29) is 0 Å². The van der Waals surface area contributed by atoms with Gasteiger partial charge in [0.2, 0.25) is 0 Å². The first-order valence-electron chi connectivity index (χ1n) is 6.78. The third-order valence-electron chi connectivity index (χ3n) is 3.88. The maximum atomic E-state index is 11.2. The Morgan fingerprint density at radius 2 is 2.21 bits per heavy atom. The number of nitrogens with zero attached hydrogens (tertiary/aromatic N) is 2. The predicted molar refractivity (Wildman–Crippen MR) is 75.4 cm³/mol. The normalized spacial score (nSPS) is 20.1. The lowest BCUT2D eigenvalue weighted by atomic mass is 10.1. The Balaban J connectivity index is 1.98. The van der Waals surface area contributed by atoms with Gasteiger partial charge in [0.15, 0.2) is 0 Å². The Hall–Kier alpha value is -1.39. The van der Waals surface area contributed by atoms with Gasteiger partial charge in [0, 0.05) is 19.1 Å². The van der Waals surface area contributed by atoms with Crippen molar-refractivity contribution in [1.29, 1.82) is 0 Å². The molecule has 0 radical (unpaired) electrons. The highest BCUT2D eigenvalue weighted by Crippen LogP contribution is 2.17. The number of benzene rings is 1. The molecule has 1 fully saturated rings. The summed E-state index contributed by atoms with van der Waals surface area (Å²) in [6.45, 7) is 2.85. The van der Waals surface area contributed by atoms with Crippen LogP contribution in [0.5, 0.6) is 0 Å². The zero-order valence-electron chi connectivity index (χ0n) is 11.7. The van der Waals surface area contributed by atoms with E-state index in [9.17, 15) is 9.90 Å². The average molecular weight is 262 g/mol. The Morgan fingerprint density at radius 1 is 1.47 bits per heavy atom. The molecule has 0 aromatic heterocycles. The Morgan fingerprint density at radius 3 is 2.84 bits per heavy atom. The summed E-state index contributed by atoms with van der Waals surface area (Å²) in [6.07, 6.45) is 2.50. The van der Waals surface area contributed by atoms with Crippen LogP contribution in [0.4, 0.5) is 0 Å². The van der Waals surface area contributed by atoms with Crippen LogP contribution in [0.1, 0.15) is 28.8 Å². The first-order valence-corrected chi connectivity index (χ1v) is 6.78. The Labute approximate surface area is 114 Å². The van der Waals surface area contributed by atoms with E-state index in [4.69, 9.17) is 0 Å². The molecule has 0 amide bonds. The summed E-state index contributed by atoms with van der Waals surface area (Å²) in [5.74, 6) is -0.845. The maximum absolute atomic E-state index is 11.2. The average Bonchev–Trinajstić information content (AvgIpc) is 2.75. The summed E-state index contributed by atoms with van der Waals surface area (Å²) in [7, 11) is 4.22. The van der Waals surface area contributed by atoms with Crippen molar-refractivity contribution in [3.8, 4) is 0 Å². The Bertz CT molecular complexity index is 448. The molecular weight excluding hydrogens is 240 g/mol. The van der Waals surface area contributed by atoms with Gasteiger partial charge >= 0.3 is 5.97 Å². The summed E-state index contributed by atoms with van der Waals surface area (Å²) in [5, 5.41) is 9.18. The standard InChI is InChI=1S/C15H22N2O2/c1-16(11-13-7-5-9-17(13)2)10-12-6-3-4-8-14(12)15(18)19/h3-4,6,8,13H,5,7,9-11H2,1-2H3,(H,18,19). The number of likely N-dealkylation sites (tertiary alicyclic amines) is 1. The third kappa shape index (κ3) is 3.55. The molecule has 4 heteroatoms. The molecule has 0 aliphatic carbocycles. The van der Waals surface area contributed by atoms with Crippen molar-refractivity contribution in [2.75, 3.05) is 27.2 Å². The van der Waals surface area contributed by atoms with Crippen LogP contribution < -0.4 is 0 Å². The largest absolute Gasteiger partial charge is 0.478 e. The molecule has 2 rings (SSSR count). The smallest absolute Gasteiger partial charge is 0.336 e. The van der Waals surface area contributed by atoms with Gasteiger partial charge in [-0.1, -0.05) is 18.2 Å². The lowest BCUT2D eigenvalue weighted by Gasteiger charge is -2.26. The lowest BCUT2D eigenvalue weighted by molar-refractivity contribution is 0.0694. The van der Waals surface area contributed by atoms with E-state index in [2.05, 4.69) is 23.9 Å². The molecule has 1 saturated heterocycles. The van der Waals surface area contributed by atoms with E-state index >= 15 is 0 Å². The van der Waals surface area contributed by atoms with Gasteiger partial charge in [-0.15, -0.1) is 0 Å². The van der Waals surface area contributed by atoms with Crippen molar-refractivity contribution in [3.63, 3.8) is 0 Å². The van der Waals surface area contributed by atoms with Crippen LogP contribution in [0.25, 0.3) is 0 Å². The number of carboxylic acid groups (broad SMARTS) is 1. The minimum absolute atomic E-state index is 0.411. The number of carboxylic acids is 1. The molecule has 0 saturated carbocycles. The molecule has 1 N–H and O–H groups in total. The van der Waals surface area contributed by atoms with E-state index in [0.29, 0.717) is 18.2 Å². The molecule has 1 aromatic rings. The van der Waals surface area contributed by atoms with Gasteiger partial charge in [0.25, 0.3) is 0 Å². The maximum Gasteiger partial charge on any atom is 0.336 e. The SMILES string of the molecule is CN(Cc1ccccc1C(=O)O)CC1CCCN1C. The second kappa shape index (κ2) is 6.17. The van der Waals surface area contributed by atoms with Gasteiger partial charge in [-0.2, -0.15) is 0 Å². The van der Waals surface area contributed by atoms with Gasteiger partial charge < -0.3 is 14.9 Å². The van der Waals surface area contributed by atoms with E-state index in [0.717, 1.165) is 12.1 Å². The molecule has 1 aliphatic rings. The number of hydrogen-bond donors (Lipinski definition) is 1. The van der Waals surface area contributed by atoms with E-state index in [1.807, 2.05) is 12.1 Å². The fourth-order valence-electron chi connectivity index (χ4n) is 2.79. The first kappa shape index (κ1) is 14.0. The summed E-state index contributed by atoms with van der Waals surface area (Å²) in [6, 6.07) is 7.85. The van der Waals surface area contributed by atoms with E-state index < -0.39 is 5.97 Å². The van der Waals surface area contributed by atoms with Crippen LogP contribution in [0.15, 0.2) is 24.3 Å². The number of aromatic carboxylic acids is 1. The van der Waals surface area contributed by atoms with Crippen molar-refractivity contribution in [2.24, 2.45) is 0 Å². The van der Waals surface area contributed by atoms with Gasteiger partial charge in [0.05, 0.1) is 5.56 Å². The molecule has 0 bridgehead atoms. The van der Waals surface area contributed by atoms with Crippen molar-refractivity contribution in [2.45, 2.75) is 25.4 Å². The number of carbonyl (C=O) groups is 1. The van der Waals surface area contributed by atoms with Crippen LogP contribution in [0, 0.1) is 0 Å². The van der Waals surface area contributed by atoms with E-state index in [1.165, 1.54) is 19.4 Å². The van der Waals surface area contributed by atoms with Gasteiger partial charge in [0.1, 0.15) is 0 Å².